The Hall–Kier alpha value is -3.41. The van der Waals surface area contributed by atoms with E-state index in [4.69, 9.17) is 4.74 Å². The van der Waals surface area contributed by atoms with Crippen LogP contribution in [0.15, 0.2) is 71.5 Å². The molecule has 0 aliphatic heterocycles. The van der Waals surface area contributed by atoms with Crippen LogP contribution in [-0.2, 0) is 17.8 Å². The smallest absolute Gasteiger partial charge is 0.266 e. The number of aromatic nitrogens is 2. The van der Waals surface area contributed by atoms with E-state index in [9.17, 15) is 9.59 Å². The summed E-state index contributed by atoms with van der Waals surface area (Å²) in [6.45, 7) is 3.56. The summed E-state index contributed by atoms with van der Waals surface area (Å²) in [6.07, 6.45) is 1.71. The van der Waals surface area contributed by atoms with Crippen LogP contribution in [0.5, 0.6) is 5.75 Å². The minimum Gasteiger partial charge on any atom is -0.494 e. The molecule has 0 atom stereocenters. The summed E-state index contributed by atoms with van der Waals surface area (Å²) in [5.41, 5.74) is 2.64. The summed E-state index contributed by atoms with van der Waals surface area (Å²) >= 11 is 0. The van der Waals surface area contributed by atoms with Crippen molar-refractivity contribution in [1.82, 2.24) is 15.1 Å². The van der Waals surface area contributed by atoms with E-state index in [1.54, 1.807) is 6.07 Å². The number of amides is 1. The molecule has 3 rings (SSSR count). The van der Waals surface area contributed by atoms with Gasteiger partial charge in [0.15, 0.2) is 0 Å². The average molecular weight is 405 g/mol. The van der Waals surface area contributed by atoms with E-state index in [2.05, 4.69) is 10.4 Å². The molecule has 0 radical (unpaired) electrons. The van der Waals surface area contributed by atoms with Gasteiger partial charge in [-0.05, 0) is 55.7 Å². The number of ether oxygens (including phenoxy) is 1. The maximum atomic E-state index is 12.1. The van der Waals surface area contributed by atoms with Gasteiger partial charge in [0.05, 0.1) is 12.3 Å². The van der Waals surface area contributed by atoms with Crippen LogP contribution in [0.3, 0.4) is 0 Å². The first-order valence-corrected chi connectivity index (χ1v) is 10.3. The van der Waals surface area contributed by atoms with E-state index in [0.29, 0.717) is 38.2 Å². The minimum absolute atomic E-state index is 0.0124. The van der Waals surface area contributed by atoms with E-state index in [-0.39, 0.29) is 11.5 Å². The molecule has 0 saturated heterocycles. The summed E-state index contributed by atoms with van der Waals surface area (Å²) in [7, 11) is 0. The Bertz CT molecular complexity index is 998. The molecule has 0 aliphatic carbocycles. The molecule has 0 saturated carbocycles. The normalized spacial score (nSPS) is 10.6. The quantitative estimate of drug-likeness (QED) is 0.561. The molecule has 0 spiro atoms. The second kappa shape index (κ2) is 11.0. The second-order valence-electron chi connectivity index (χ2n) is 6.93. The number of carbonyl (C=O) groups is 1. The predicted molar refractivity (Wildman–Crippen MR) is 117 cm³/mol. The van der Waals surface area contributed by atoms with E-state index < -0.39 is 0 Å². The Morgan fingerprint density at radius 1 is 1.03 bits per heavy atom. The molecule has 0 bridgehead atoms. The zero-order valence-corrected chi connectivity index (χ0v) is 17.2. The standard InChI is InChI=1S/C24H27N3O3/c1-2-30-21-12-10-20(11-13-21)22-14-15-24(29)27(26-22)18-6-9-23(28)25-17-16-19-7-4-3-5-8-19/h3-5,7-8,10-15H,2,6,9,16-18H2,1H3,(H,25,28). The van der Waals surface area contributed by atoms with Gasteiger partial charge < -0.3 is 10.1 Å². The third-order valence-electron chi connectivity index (χ3n) is 4.68. The molecule has 6 nitrogen and oxygen atoms in total. The summed E-state index contributed by atoms with van der Waals surface area (Å²) in [5, 5.41) is 7.37. The van der Waals surface area contributed by atoms with Crippen molar-refractivity contribution in [2.45, 2.75) is 32.7 Å². The van der Waals surface area contributed by atoms with Gasteiger partial charge >= 0.3 is 0 Å². The molecule has 0 unspecified atom stereocenters. The lowest BCUT2D eigenvalue weighted by Crippen LogP contribution is -2.27. The summed E-state index contributed by atoms with van der Waals surface area (Å²) in [5.74, 6) is 0.787. The minimum atomic E-state index is -0.172. The highest BCUT2D eigenvalue weighted by Gasteiger charge is 2.06. The SMILES string of the molecule is CCOc1ccc(-c2ccc(=O)n(CCCC(=O)NCCc3ccccc3)n2)cc1. The van der Waals surface area contributed by atoms with Crippen molar-refractivity contribution in [3.63, 3.8) is 0 Å². The number of aryl methyl sites for hydroxylation is 1. The summed E-state index contributed by atoms with van der Waals surface area (Å²) in [6, 6.07) is 20.9. The Morgan fingerprint density at radius 2 is 1.80 bits per heavy atom. The number of nitrogens with zero attached hydrogens (tertiary/aromatic N) is 2. The third kappa shape index (κ3) is 6.30. The number of rotatable bonds is 10. The zero-order chi connectivity index (χ0) is 21.2. The molecule has 1 aromatic heterocycles. The van der Waals surface area contributed by atoms with Crippen molar-refractivity contribution in [3.8, 4) is 17.0 Å². The Kier molecular flexibility index (Phi) is 7.78. The number of carbonyl (C=O) groups excluding carboxylic acids is 1. The van der Waals surface area contributed by atoms with Crippen LogP contribution in [0, 0.1) is 0 Å². The zero-order valence-electron chi connectivity index (χ0n) is 17.2. The molecule has 6 heteroatoms. The number of benzene rings is 2. The highest BCUT2D eigenvalue weighted by atomic mass is 16.5. The Balaban J connectivity index is 1.49. The maximum Gasteiger partial charge on any atom is 0.266 e. The first kappa shape index (κ1) is 21.3. The van der Waals surface area contributed by atoms with Crippen molar-refractivity contribution in [1.29, 1.82) is 0 Å². The molecular formula is C24H27N3O3. The van der Waals surface area contributed by atoms with Crippen LogP contribution in [0.2, 0.25) is 0 Å². The van der Waals surface area contributed by atoms with Gasteiger partial charge in [0.25, 0.3) is 5.56 Å². The molecule has 3 aromatic rings. The van der Waals surface area contributed by atoms with Gasteiger partial charge in [0, 0.05) is 31.1 Å². The van der Waals surface area contributed by atoms with Gasteiger partial charge in [-0.25, -0.2) is 4.68 Å². The summed E-state index contributed by atoms with van der Waals surface area (Å²) in [4.78, 5) is 24.2. The van der Waals surface area contributed by atoms with Crippen molar-refractivity contribution >= 4 is 5.91 Å². The molecule has 1 amide bonds. The molecule has 30 heavy (non-hydrogen) atoms. The van der Waals surface area contributed by atoms with Crippen molar-refractivity contribution in [2.75, 3.05) is 13.2 Å². The van der Waals surface area contributed by atoms with Crippen molar-refractivity contribution in [3.05, 3.63) is 82.6 Å². The molecule has 0 aliphatic rings. The molecule has 2 aromatic carbocycles. The fraction of sp³-hybridized carbons (Fsp3) is 0.292. The maximum absolute atomic E-state index is 12.1. The number of hydrogen-bond acceptors (Lipinski definition) is 4. The summed E-state index contributed by atoms with van der Waals surface area (Å²) < 4.78 is 6.87. The average Bonchev–Trinajstić information content (AvgIpc) is 2.77. The van der Waals surface area contributed by atoms with Gasteiger partial charge in [0.1, 0.15) is 5.75 Å². The van der Waals surface area contributed by atoms with Crippen LogP contribution in [-0.4, -0.2) is 28.8 Å². The fourth-order valence-electron chi connectivity index (χ4n) is 3.12. The van der Waals surface area contributed by atoms with E-state index in [0.717, 1.165) is 17.7 Å². The van der Waals surface area contributed by atoms with Crippen LogP contribution in [0.4, 0.5) is 0 Å². The number of hydrogen-bond donors (Lipinski definition) is 1. The van der Waals surface area contributed by atoms with Crippen LogP contribution in [0.25, 0.3) is 11.3 Å². The van der Waals surface area contributed by atoms with E-state index in [1.165, 1.54) is 16.3 Å². The number of nitrogens with one attached hydrogen (secondary N) is 1. The molecule has 156 valence electrons. The van der Waals surface area contributed by atoms with Crippen LogP contribution >= 0.6 is 0 Å². The van der Waals surface area contributed by atoms with Gasteiger partial charge in [-0.3, -0.25) is 9.59 Å². The van der Waals surface area contributed by atoms with Gasteiger partial charge in [-0.1, -0.05) is 30.3 Å². The predicted octanol–water partition coefficient (Wildman–Crippen LogP) is 3.45. The first-order valence-electron chi connectivity index (χ1n) is 10.3. The molecule has 1 heterocycles. The monoisotopic (exact) mass is 405 g/mol. The molecular weight excluding hydrogens is 378 g/mol. The Labute approximate surface area is 176 Å². The van der Waals surface area contributed by atoms with Crippen molar-refractivity contribution in [2.24, 2.45) is 0 Å². The highest BCUT2D eigenvalue weighted by molar-refractivity contribution is 5.75. The van der Waals surface area contributed by atoms with E-state index >= 15 is 0 Å². The topological polar surface area (TPSA) is 73.2 Å². The molecule has 1 N–H and O–H groups in total. The molecule has 0 fully saturated rings. The van der Waals surface area contributed by atoms with Gasteiger partial charge in [0.2, 0.25) is 5.91 Å². The lowest BCUT2D eigenvalue weighted by molar-refractivity contribution is -0.121. The third-order valence-corrected chi connectivity index (χ3v) is 4.68. The van der Waals surface area contributed by atoms with E-state index in [1.807, 2.05) is 61.5 Å². The van der Waals surface area contributed by atoms with Gasteiger partial charge in [-0.15, -0.1) is 0 Å². The largest absolute Gasteiger partial charge is 0.494 e. The van der Waals surface area contributed by atoms with Crippen LogP contribution in [0.1, 0.15) is 25.3 Å². The Morgan fingerprint density at radius 3 is 2.53 bits per heavy atom. The lowest BCUT2D eigenvalue weighted by Gasteiger charge is -2.09. The van der Waals surface area contributed by atoms with Crippen LogP contribution < -0.4 is 15.6 Å². The van der Waals surface area contributed by atoms with Gasteiger partial charge in [-0.2, -0.15) is 5.10 Å². The highest BCUT2D eigenvalue weighted by Crippen LogP contribution is 2.19. The van der Waals surface area contributed by atoms with Crippen molar-refractivity contribution < 1.29 is 9.53 Å². The second-order valence-corrected chi connectivity index (χ2v) is 6.93. The first-order chi connectivity index (χ1) is 14.7. The fourth-order valence-corrected chi connectivity index (χ4v) is 3.12. The lowest BCUT2D eigenvalue weighted by atomic mass is 10.1.